The van der Waals surface area contributed by atoms with E-state index >= 15 is 0 Å². The summed E-state index contributed by atoms with van der Waals surface area (Å²) >= 11 is 0. The number of allylic oxidation sites excluding steroid dienone is 1. The van der Waals surface area contributed by atoms with Crippen LogP contribution in [-0.4, -0.2) is 44.8 Å². The first-order valence-corrected chi connectivity index (χ1v) is 12.2. The van der Waals surface area contributed by atoms with Crippen LogP contribution in [0.1, 0.15) is 37.9 Å². The molecule has 0 spiro atoms. The summed E-state index contributed by atoms with van der Waals surface area (Å²) in [6.07, 6.45) is 8.81. The number of carbonyl (C=O) groups is 1. The molecule has 3 aromatic rings. The number of nitrogens with one attached hydrogen (secondary N) is 1. The first kappa shape index (κ1) is 24.9. The second kappa shape index (κ2) is 11.9. The lowest BCUT2D eigenvalue weighted by Crippen LogP contribution is -2.29. The van der Waals surface area contributed by atoms with Crippen LogP contribution in [0.3, 0.4) is 0 Å². The molecular weight excluding hydrogens is 450 g/mol. The number of nitrogens with zero attached hydrogens (tertiary/aromatic N) is 4. The number of hydrogen-bond donors (Lipinski definition) is 2. The van der Waals surface area contributed by atoms with Gasteiger partial charge >= 0.3 is 0 Å². The number of aliphatic imine (C=N–C) groups is 1. The van der Waals surface area contributed by atoms with Crippen LogP contribution in [0.4, 0.5) is 5.82 Å². The quantitative estimate of drug-likeness (QED) is 0.452. The van der Waals surface area contributed by atoms with Crippen molar-refractivity contribution in [1.82, 2.24) is 14.9 Å². The van der Waals surface area contributed by atoms with Gasteiger partial charge in [0.2, 0.25) is 5.91 Å². The fourth-order valence-electron chi connectivity index (χ4n) is 4.07. The number of phenols is 1. The molecule has 0 fully saturated rings. The number of carbonyl (C=O) groups excluding carboxylic acids is 1. The molecule has 7 heteroatoms. The van der Waals surface area contributed by atoms with Gasteiger partial charge in [0.05, 0.1) is 24.0 Å². The highest BCUT2D eigenvalue weighted by Gasteiger charge is 2.15. The van der Waals surface area contributed by atoms with Crippen LogP contribution in [-0.2, 0) is 11.2 Å². The minimum Gasteiger partial charge on any atom is -0.508 e. The molecule has 0 radical (unpaired) electrons. The molecule has 0 unspecified atom stereocenters. The first-order valence-electron chi connectivity index (χ1n) is 12.2. The Balaban J connectivity index is 1.52. The fraction of sp³-hybridized carbons (Fsp3) is 0.241. The number of amidine groups is 1. The van der Waals surface area contributed by atoms with Crippen LogP contribution < -0.4 is 5.32 Å². The van der Waals surface area contributed by atoms with Crippen molar-refractivity contribution in [1.29, 1.82) is 0 Å². The van der Waals surface area contributed by atoms with Crippen molar-refractivity contribution in [3.05, 3.63) is 96.0 Å². The maximum Gasteiger partial charge on any atom is 0.229 e. The van der Waals surface area contributed by atoms with Crippen molar-refractivity contribution < 1.29 is 9.90 Å². The topological polar surface area (TPSA) is 90.7 Å². The van der Waals surface area contributed by atoms with Crippen LogP contribution in [0.5, 0.6) is 5.75 Å². The predicted octanol–water partition coefficient (Wildman–Crippen LogP) is 5.35. The monoisotopic (exact) mass is 481 g/mol. The van der Waals surface area contributed by atoms with Gasteiger partial charge in [-0.1, -0.05) is 36.4 Å². The second-order valence-electron chi connectivity index (χ2n) is 8.50. The first-order chi connectivity index (χ1) is 17.6. The van der Waals surface area contributed by atoms with E-state index in [2.05, 4.69) is 40.1 Å². The summed E-state index contributed by atoms with van der Waals surface area (Å²) in [6.45, 7) is 6.02. The van der Waals surface area contributed by atoms with Crippen LogP contribution in [0, 0.1) is 0 Å². The maximum atomic E-state index is 13.0. The standard InChI is InChI=1S/C29H31N5O2/c1-3-34(4-2)27-15-10-22(16-17-30-27)19-28(36)33-29-25(18-21-8-6-5-7-9-21)32-26(20-31-29)23-11-13-24(35)14-12-23/h5-14,16-17,20,35H,3-4,15,18-19H2,1-2H3,(H,31,33,36). The van der Waals surface area contributed by atoms with Crippen molar-refractivity contribution in [2.24, 2.45) is 4.99 Å². The molecule has 7 nitrogen and oxygen atoms in total. The van der Waals surface area contributed by atoms with Crippen molar-refractivity contribution in [3.63, 3.8) is 0 Å². The van der Waals surface area contributed by atoms with Crippen LogP contribution in [0.15, 0.2) is 89.7 Å². The molecule has 0 saturated carbocycles. The molecule has 4 rings (SSSR count). The van der Waals surface area contributed by atoms with E-state index in [9.17, 15) is 9.90 Å². The lowest BCUT2D eigenvalue weighted by Gasteiger charge is -2.21. The lowest BCUT2D eigenvalue weighted by molar-refractivity contribution is -0.115. The molecule has 0 aliphatic carbocycles. The Labute approximate surface area is 212 Å². The largest absolute Gasteiger partial charge is 0.508 e. The summed E-state index contributed by atoms with van der Waals surface area (Å²) in [4.78, 5) is 29.1. The highest BCUT2D eigenvalue weighted by molar-refractivity contribution is 5.93. The Morgan fingerprint density at radius 3 is 2.53 bits per heavy atom. The third-order valence-electron chi connectivity index (χ3n) is 6.03. The molecule has 1 aromatic heterocycles. The average Bonchev–Trinajstić information content (AvgIpc) is 3.12. The molecule has 2 heterocycles. The zero-order valence-electron chi connectivity index (χ0n) is 20.7. The van der Waals surface area contributed by atoms with Crippen molar-refractivity contribution in [3.8, 4) is 17.0 Å². The van der Waals surface area contributed by atoms with E-state index in [1.165, 1.54) is 0 Å². The maximum absolute atomic E-state index is 13.0. The molecule has 2 N–H and O–H groups in total. The number of hydrogen-bond acceptors (Lipinski definition) is 6. The fourth-order valence-corrected chi connectivity index (χ4v) is 4.07. The molecular formula is C29H31N5O2. The van der Waals surface area contributed by atoms with E-state index in [0.717, 1.165) is 35.6 Å². The SMILES string of the molecule is CCN(CC)C1=NC=CC(CC(=O)Nc2ncc(-c3ccc(O)cc3)nc2Cc2ccccc2)=CC1. The van der Waals surface area contributed by atoms with Crippen LogP contribution in [0.2, 0.25) is 0 Å². The summed E-state index contributed by atoms with van der Waals surface area (Å²) in [6, 6.07) is 16.8. The van der Waals surface area contributed by atoms with Gasteiger partial charge in [-0.15, -0.1) is 0 Å². The zero-order valence-corrected chi connectivity index (χ0v) is 20.7. The number of aromatic hydroxyl groups is 1. The Kier molecular flexibility index (Phi) is 8.24. The molecule has 1 amide bonds. The number of aromatic nitrogens is 2. The molecule has 0 bridgehead atoms. The molecule has 1 aliphatic heterocycles. The van der Waals surface area contributed by atoms with E-state index in [1.54, 1.807) is 36.7 Å². The van der Waals surface area contributed by atoms with E-state index < -0.39 is 0 Å². The molecule has 184 valence electrons. The van der Waals surface area contributed by atoms with Crippen LogP contribution >= 0.6 is 0 Å². The molecule has 0 atom stereocenters. The van der Waals surface area contributed by atoms with E-state index in [-0.39, 0.29) is 18.1 Å². The van der Waals surface area contributed by atoms with Crippen LogP contribution in [0.25, 0.3) is 11.3 Å². The van der Waals surface area contributed by atoms with E-state index in [4.69, 9.17) is 4.98 Å². The summed E-state index contributed by atoms with van der Waals surface area (Å²) in [5, 5.41) is 12.6. The Hall–Kier alpha value is -4.26. The van der Waals surface area contributed by atoms with Gasteiger partial charge in [-0.25, -0.2) is 15.0 Å². The van der Waals surface area contributed by atoms with Gasteiger partial charge in [0, 0.05) is 37.7 Å². The average molecular weight is 482 g/mol. The molecule has 36 heavy (non-hydrogen) atoms. The normalized spacial score (nSPS) is 12.9. The van der Waals surface area contributed by atoms with Gasteiger partial charge in [-0.2, -0.15) is 0 Å². The number of amides is 1. The lowest BCUT2D eigenvalue weighted by atomic mass is 10.1. The van der Waals surface area contributed by atoms with E-state index in [1.807, 2.05) is 36.4 Å². The Bertz CT molecular complexity index is 1280. The zero-order chi connectivity index (χ0) is 25.3. The smallest absolute Gasteiger partial charge is 0.229 e. The van der Waals surface area contributed by atoms with Crippen molar-refractivity contribution in [2.45, 2.75) is 33.1 Å². The number of anilines is 1. The Morgan fingerprint density at radius 1 is 1.06 bits per heavy atom. The van der Waals surface area contributed by atoms with Gasteiger partial charge < -0.3 is 15.3 Å². The minimum atomic E-state index is -0.154. The third-order valence-corrected chi connectivity index (χ3v) is 6.03. The van der Waals surface area contributed by atoms with Gasteiger partial charge in [0.25, 0.3) is 0 Å². The predicted molar refractivity (Wildman–Crippen MR) is 144 cm³/mol. The van der Waals surface area contributed by atoms with E-state index in [0.29, 0.717) is 30.0 Å². The molecule has 2 aromatic carbocycles. The number of rotatable bonds is 8. The minimum absolute atomic E-state index is 0.154. The molecule has 0 saturated heterocycles. The van der Waals surface area contributed by atoms with Gasteiger partial charge in [-0.05, 0) is 55.3 Å². The van der Waals surface area contributed by atoms with Gasteiger partial charge in [0.1, 0.15) is 11.6 Å². The third kappa shape index (κ3) is 6.44. The summed E-state index contributed by atoms with van der Waals surface area (Å²) in [5.74, 6) is 1.49. The number of benzene rings is 2. The van der Waals surface area contributed by atoms with Crippen molar-refractivity contribution >= 4 is 17.6 Å². The molecule has 1 aliphatic rings. The summed E-state index contributed by atoms with van der Waals surface area (Å²) in [7, 11) is 0. The summed E-state index contributed by atoms with van der Waals surface area (Å²) in [5.41, 5.74) is 4.18. The van der Waals surface area contributed by atoms with Crippen molar-refractivity contribution in [2.75, 3.05) is 18.4 Å². The summed E-state index contributed by atoms with van der Waals surface area (Å²) < 4.78 is 0. The highest BCUT2D eigenvalue weighted by Crippen LogP contribution is 2.24. The van der Waals surface area contributed by atoms with Gasteiger partial charge in [-0.3, -0.25) is 4.79 Å². The Morgan fingerprint density at radius 2 is 1.81 bits per heavy atom. The highest BCUT2D eigenvalue weighted by atomic mass is 16.3. The number of phenolic OH excluding ortho intramolecular Hbond substituents is 1. The van der Waals surface area contributed by atoms with Gasteiger partial charge in [0.15, 0.2) is 5.82 Å². The second-order valence-corrected chi connectivity index (χ2v) is 8.50.